The summed E-state index contributed by atoms with van der Waals surface area (Å²) < 4.78 is 2.25. The van der Waals surface area contributed by atoms with E-state index < -0.39 is 0 Å². The van der Waals surface area contributed by atoms with Crippen LogP contribution in [0.1, 0.15) is 48.7 Å². The van der Waals surface area contributed by atoms with Crippen LogP contribution >= 0.6 is 0 Å². The number of benzene rings is 2. The third-order valence-electron chi connectivity index (χ3n) is 5.79. The second-order valence-electron chi connectivity index (χ2n) is 8.02. The zero-order valence-corrected chi connectivity index (χ0v) is 16.3. The number of hydrogen-bond donors (Lipinski definition) is 0. The van der Waals surface area contributed by atoms with Gasteiger partial charge in [0.05, 0.1) is 0 Å². The lowest BCUT2D eigenvalue weighted by Gasteiger charge is -2.32. The Hall–Kier alpha value is -2.55. The highest BCUT2D eigenvalue weighted by Crippen LogP contribution is 2.25. The number of nitrogens with zero attached hydrogens (tertiary/aromatic N) is 2. The van der Waals surface area contributed by atoms with E-state index in [0.29, 0.717) is 12.0 Å². The number of amides is 1. The molecular formula is C24H28N2O. The monoisotopic (exact) mass is 360 g/mol. The van der Waals surface area contributed by atoms with Crippen molar-refractivity contribution >= 4 is 16.8 Å². The van der Waals surface area contributed by atoms with E-state index in [2.05, 4.69) is 67.1 Å². The van der Waals surface area contributed by atoms with Crippen molar-refractivity contribution < 1.29 is 4.79 Å². The normalized spacial score (nSPS) is 15.6. The van der Waals surface area contributed by atoms with Gasteiger partial charge in [0.25, 0.3) is 5.91 Å². The molecule has 4 rings (SSSR count). The summed E-state index contributed by atoms with van der Waals surface area (Å²) in [6.07, 6.45) is 5.41. The highest BCUT2D eigenvalue weighted by atomic mass is 16.2. The highest BCUT2D eigenvalue weighted by molar-refractivity contribution is 5.98. The Morgan fingerprint density at radius 1 is 1.04 bits per heavy atom. The number of rotatable bonds is 4. The minimum Gasteiger partial charge on any atom is -0.345 e. The van der Waals surface area contributed by atoms with Crippen molar-refractivity contribution in [3.05, 3.63) is 71.9 Å². The number of likely N-dealkylation sites (tertiary alicyclic amines) is 1. The van der Waals surface area contributed by atoms with Gasteiger partial charge in [-0.15, -0.1) is 0 Å². The summed E-state index contributed by atoms with van der Waals surface area (Å²) in [6, 6.07) is 19.3. The lowest BCUT2D eigenvalue weighted by atomic mass is 9.90. The van der Waals surface area contributed by atoms with Crippen molar-refractivity contribution in [3.63, 3.8) is 0 Å². The van der Waals surface area contributed by atoms with Crippen molar-refractivity contribution in [1.29, 1.82) is 0 Å². The Labute approximate surface area is 161 Å². The molecule has 0 saturated carbocycles. The minimum atomic E-state index is 0.173. The predicted octanol–water partition coefficient (Wildman–Crippen LogP) is 5.32. The quantitative estimate of drug-likeness (QED) is 0.618. The maximum Gasteiger partial charge on any atom is 0.253 e. The van der Waals surface area contributed by atoms with Gasteiger partial charge in [-0.3, -0.25) is 4.79 Å². The summed E-state index contributed by atoms with van der Waals surface area (Å²) in [4.78, 5) is 15.0. The van der Waals surface area contributed by atoms with Gasteiger partial charge in [-0.2, -0.15) is 0 Å². The van der Waals surface area contributed by atoms with Crippen LogP contribution in [0.15, 0.2) is 60.8 Å². The molecule has 140 valence electrons. The third kappa shape index (κ3) is 3.78. The Balaban J connectivity index is 1.41. The van der Waals surface area contributed by atoms with Crippen LogP contribution in [-0.4, -0.2) is 28.5 Å². The number of piperidine rings is 1. The van der Waals surface area contributed by atoms with Crippen LogP contribution in [0.25, 0.3) is 10.9 Å². The lowest BCUT2D eigenvalue weighted by Crippen LogP contribution is -2.38. The number of aromatic nitrogens is 1. The van der Waals surface area contributed by atoms with Crippen LogP contribution in [0, 0.1) is 5.92 Å². The number of carbonyl (C=O) groups is 1. The molecule has 2 heterocycles. The summed E-state index contributed by atoms with van der Waals surface area (Å²) in [5, 5.41) is 1.15. The average Bonchev–Trinajstić information content (AvgIpc) is 3.12. The Morgan fingerprint density at radius 3 is 2.48 bits per heavy atom. The van der Waals surface area contributed by atoms with Gasteiger partial charge in [0.15, 0.2) is 0 Å². The van der Waals surface area contributed by atoms with Gasteiger partial charge in [-0.25, -0.2) is 0 Å². The van der Waals surface area contributed by atoms with E-state index in [0.717, 1.165) is 43.3 Å². The van der Waals surface area contributed by atoms with Crippen molar-refractivity contribution in [2.75, 3.05) is 13.1 Å². The Morgan fingerprint density at radius 2 is 1.78 bits per heavy atom. The van der Waals surface area contributed by atoms with Crippen molar-refractivity contribution in [2.24, 2.45) is 5.92 Å². The molecule has 0 radical (unpaired) electrons. The van der Waals surface area contributed by atoms with Crippen LogP contribution in [0.3, 0.4) is 0 Å². The molecule has 0 spiro atoms. The maximum atomic E-state index is 13.0. The summed E-state index contributed by atoms with van der Waals surface area (Å²) in [6.45, 7) is 6.08. The standard InChI is InChI=1S/C24H28N2O/c1-18(2)26-15-12-21-17-22(8-9-23(21)26)24(27)25-13-10-20(11-14-25)16-19-6-4-3-5-7-19/h3-9,12,15,17-18,20H,10-11,13-14,16H2,1-2H3. The molecule has 0 atom stereocenters. The smallest absolute Gasteiger partial charge is 0.253 e. The van der Waals surface area contributed by atoms with Crippen molar-refractivity contribution in [3.8, 4) is 0 Å². The molecule has 3 aromatic rings. The van der Waals surface area contributed by atoms with Crippen LogP contribution < -0.4 is 0 Å². The predicted molar refractivity (Wildman–Crippen MR) is 111 cm³/mol. The third-order valence-corrected chi connectivity index (χ3v) is 5.79. The molecular weight excluding hydrogens is 332 g/mol. The van der Waals surface area contributed by atoms with Gasteiger partial charge in [-0.05, 0) is 68.9 Å². The molecule has 3 heteroatoms. The van der Waals surface area contributed by atoms with E-state index in [4.69, 9.17) is 0 Å². The first-order valence-corrected chi connectivity index (χ1v) is 10.1. The molecule has 1 fully saturated rings. The molecule has 27 heavy (non-hydrogen) atoms. The van der Waals surface area contributed by atoms with Gasteiger partial charge in [0.2, 0.25) is 0 Å². The Bertz CT molecular complexity index is 918. The first-order chi connectivity index (χ1) is 13.1. The molecule has 0 aliphatic carbocycles. The van der Waals surface area contributed by atoms with E-state index >= 15 is 0 Å². The van der Waals surface area contributed by atoms with Gasteiger partial charge in [-0.1, -0.05) is 30.3 Å². The first-order valence-electron chi connectivity index (χ1n) is 10.1. The fraction of sp³-hybridized carbons (Fsp3) is 0.375. The van der Waals surface area contributed by atoms with Gasteiger partial charge in [0.1, 0.15) is 0 Å². The van der Waals surface area contributed by atoms with Gasteiger partial charge < -0.3 is 9.47 Å². The fourth-order valence-corrected chi connectivity index (χ4v) is 4.22. The summed E-state index contributed by atoms with van der Waals surface area (Å²) >= 11 is 0. The van der Waals surface area contributed by atoms with E-state index in [9.17, 15) is 4.79 Å². The summed E-state index contributed by atoms with van der Waals surface area (Å²) in [5.74, 6) is 0.853. The molecule has 1 amide bonds. The second-order valence-corrected chi connectivity index (χ2v) is 8.02. The zero-order valence-electron chi connectivity index (χ0n) is 16.3. The zero-order chi connectivity index (χ0) is 18.8. The lowest BCUT2D eigenvalue weighted by molar-refractivity contribution is 0.0690. The van der Waals surface area contributed by atoms with E-state index in [1.807, 2.05) is 17.0 Å². The molecule has 1 aromatic heterocycles. The number of fused-ring (bicyclic) bond motifs is 1. The molecule has 2 aromatic carbocycles. The SMILES string of the molecule is CC(C)n1ccc2cc(C(=O)N3CCC(Cc4ccccc4)CC3)ccc21. The maximum absolute atomic E-state index is 13.0. The largest absolute Gasteiger partial charge is 0.345 e. The molecule has 0 unspecified atom stereocenters. The highest BCUT2D eigenvalue weighted by Gasteiger charge is 2.24. The topological polar surface area (TPSA) is 25.2 Å². The summed E-state index contributed by atoms with van der Waals surface area (Å²) in [7, 11) is 0. The van der Waals surface area contributed by atoms with E-state index in [-0.39, 0.29) is 5.91 Å². The van der Waals surface area contributed by atoms with Crippen LogP contribution in [0.4, 0.5) is 0 Å². The molecule has 3 nitrogen and oxygen atoms in total. The summed E-state index contributed by atoms with van der Waals surface area (Å²) in [5.41, 5.74) is 3.41. The number of hydrogen-bond acceptors (Lipinski definition) is 1. The van der Waals surface area contributed by atoms with Crippen LogP contribution in [0.2, 0.25) is 0 Å². The fourth-order valence-electron chi connectivity index (χ4n) is 4.22. The molecule has 0 bridgehead atoms. The minimum absolute atomic E-state index is 0.173. The molecule has 1 saturated heterocycles. The average molecular weight is 361 g/mol. The van der Waals surface area contributed by atoms with Gasteiger partial charge in [0, 0.05) is 41.8 Å². The van der Waals surface area contributed by atoms with E-state index in [1.54, 1.807) is 0 Å². The van der Waals surface area contributed by atoms with Crippen LogP contribution in [-0.2, 0) is 6.42 Å². The Kier molecular flexibility index (Phi) is 5.02. The van der Waals surface area contributed by atoms with Crippen molar-refractivity contribution in [2.45, 2.75) is 39.2 Å². The molecule has 1 aliphatic heterocycles. The van der Waals surface area contributed by atoms with Crippen molar-refractivity contribution in [1.82, 2.24) is 9.47 Å². The van der Waals surface area contributed by atoms with Gasteiger partial charge >= 0.3 is 0 Å². The second kappa shape index (κ2) is 7.59. The number of carbonyl (C=O) groups excluding carboxylic acids is 1. The molecule has 0 N–H and O–H groups in total. The van der Waals surface area contributed by atoms with Crippen LogP contribution in [0.5, 0.6) is 0 Å². The van der Waals surface area contributed by atoms with E-state index in [1.165, 1.54) is 11.1 Å². The first kappa shape index (κ1) is 17.8. The molecule has 1 aliphatic rings.